The van der Waals surface area contributed by atoms with Crippen molar-refractivity contribution < 1.29 is 22.7 Å². The van der Waals surface area contributed by atoms with Gasteiger partial charge in [0.05, 0.1) is 13.0 Å². The van der Waals surface area contributed by atoms with Gasteiger partial charge in [-0.05, 0) is 24.5 Å². The number of fused-ring (bicyclic) bond motifs is 1. The number of alkyl halides is 3. The molecule has 0 radical (unpaired) electrons. The highest BCUT2D eigenvalue weighted by Crippen LogP contribution is 2.27. The lowest BCUT2D eigenvalue weighted by Crippen LogP contribution is -2.36. The molecule has 20 heavy (non-hydrogen) atoms. The molecule has 1 aromatic carbocycles. The largest absolute Gasteiger partial charge is 0.411 e. The van der Waals surface area contributed by atoms with Gasteiger partial charge in [-0.3, -0.25) is 4.79 Å². The Kier molecular flexibility index (Phi) is 4.65. The summed E-state index contributed by atoms with van der Waals surface area (Å²) in [5.41, 5.74) is 1.96. The first-order valence-corrected chi connectivity index (χ1v) is 6.50. The first-order chi connectivity index (χ1) is 9.47. The van der Waals surface area contributed by atoms with E-state index in [2.05, 4.69) is 4.74 Å². The van der Waals surface area contributed by atoms with E-state index in [4.69, 9.17) is 0 Å². The maximum atomic E-state index is 12.1. The third-order valence-electron chi connectivity index (χ3n) is 3.14. The molecule has 110 valence electrons. The molecule has 1 heterocycles. The molecule has 0 N–H and O–H groups in total. The number of carbonyl (C=O) groups excluding carboxylic acids is 1. The normalized spacial score (nSPS) is 15.1. The van der Waals surface area contributed by atoms with Gasteiger partial charge in [0.2, 0.25) is 5.91 Å². The van der Waals surface area contributed by atoms with E-state index in [9.17, 15) is 18.0 Å². The Balaban J connectivity index is 1.88. The predicted molar refractivity (Wildman–Crippen MR) is 68.6 cm³/mol. The Morgan fingerprint density at radius 3 is 2.80 bits per heavy atom. The fourth-order valence-electron chi connectivity index (χ4n) is 2.28. The number of ether oxygens (including phenoxy) is 1. The van der Waals surface area contributed by atoms with Crippen molar-refractivity contribution in [3.8, 4) is 0 Å². The van der Waals surface area contributed by atoms with Gasteiger partial charge in [-0.1, -0.05) is 18.2 Å². The minimum atomic E-state index is -4.35. The van der Waals surface area contributed by atoms with Crippen molar-refractivity contribution >= 4 is 11.6 Å². The van der Waals surface area contributed by atoms with Crippen LogP contribution < -0.4 is 4.90 Å². The standard InChI is InChI=1S/C14H16F3NO2/c15-14(16,17)10-20-9-7-13(19)18-8-3-5-11-4-1-2-6-12(11)18/h1-2,4,6H,3,5,7-10H2. The number of para-hydroxylation sites is 1. The van der Waals surface area contributed by atoms with Gasteiger partial charge in [-0.25, -0.2) is 0 Å². The van der Waals surface area contributed by atoms with Crippen LogP contribution in [0, 0.1) is 0 Å². The lowest BCUT2D eigenvalue weighted by atomic mass is 10.0. The highest BCUT2D eigenvalue weighted by Gasteiger charge is 2.28. The van der Waals surface area contributed by atoms with Gasteiger partial charge in [0.1, 0.15) is 6.61 Å². The molecular formula is C14H16F3NO2. The van der Waals surface area contributed by atoms with E-state index in [1.807, 2.05) is 24.3 Å². The van der Waals surface area contributed by atoms with Crippen LogP contribution >= 0.6 is 0 Å². The number of aryl methyl sites for hydroxylation is 1. The number of benzene rings is 1. The predicted octanol–water partition coefficient (Wildman–Crippen LogP) is 2.93. The van der Waals surface area contributed by atoms with Crippen LogP contribution in [-0.4, -0.2) is 31.8 Å². The molecule has 0 bridgehead atoms. The van der Waals surface area contributed by atoms with Gasteiger partial charge >= 0.3 is 6.18 Å². The average molecular weight is 287 g/mol. The lowest BCUT2D eigenvalue weighted by molar-refractivity contribution is -0.174. The molecule has 1 aliphatic rings. The quantitative estimate of drug-likeness (QED) is 0.797. The summed E-state index contributed by atoms with van der Waals surface area (Å²) in [5.74, 6) is -0.195. The number of amides is 1. The summed E-state index contributed by atoms with van der Waals surface area (Å²) in [6, 6.07) is 7.60. The highest BCUT2D eigenvalue weighted by molar-refractivity contribution is 5.94. The molecule has 0 atom stereocenters. The van der Waals surface area contributed by atoms with Gasteiger partial charge in [0.15, 0.2) is 0 Å². The molecule has 1 aliphatic heterocycles. The molecule has 0 saturated carbocycles. The number of halogens is 3. The maximum Gasteiger partial charge on any atom is 0.411 e. The Bertz CT molecular complexity index is 474. The molecule has 0 spiro atoms. The van der Waals surface area contributed by atoms with Crippen molar-refractivity contribution in [1.82, 2.24) is 0 Å². The number of carbonyl (C=O) groups is 1. The van der Waals surface area contributed by atoms with Crippen molar-refractivity contribution in [2.75, 3.05) is 24.7 Å². The zero-order valence-corrected chi connectivity index (χ0v) is 10.9. The van der Waals surface area contributed by atoms with Crippen LogP contribution in [0.1, 0.15) is 18.4 Å². The summed E-state index contributed by atoms with van der Waals surface area (Å²) in [7, 11) is 0. The molecule has 0 unspecified atom stereocenters. The van der Waals surface area contributed by atoms with Crippen LogP contribution in [0.3, 0.4) is 0 Å². The highest BCUT2D eigenvalue weighted by atomic mass is 19.4. The first-order valence-electron chi connectivity index (χ1n) is 6.50. The average Bonchev–Trinajstić information content (AvgIpc) is 2.41. The molecule has 0 fully saturated rings. The monoisotopic (exact) mass is 287 g/mol. The van der Waals surface area contributed by atoms with Crippen LogP contribution in [0.2, 0.25) is 0 Å². The second-order valence-corrected chi connectivity index (χ2v) is 4.70. The van der Waals surface area contributed by atoms with Gasteiger partial charge < -0.3 is 9.64 Å². The van der Waals surface area contributed by atoms with Crippen LogP contribution in [0.25, 0.3) is 0 Å². The van der Waals surface area contributed by atoms with Crippen LogP contribution in [-0.2, 0) is 16.0 Å². The number of rotatable bonds is 4. The second kappa shape index (κ2) is 6.26. The van der Waals surface area contributed by atoms with E-state index in [0.29, 0.717) is 6.54 Å². The van der Waals surface area contributed by atoms with Gasteiger partial charge in [-0.2, -0.15) is 13.2 Å². The summed E-state index contributed by atoms with van der Waals surface area (Å²) in [5, 5.41) is 0. The summed E-state index contributed by atoms with van der Waals surface area (Å²) >= 11 is 0. The van der Waals surface area contributed by atoms with Crippen molar-refractivity contribution in [1.29, 1.82) is 0 Å². The zero-order chi connectivity index (χ0) is 14.6. The molecule has 1 aromatic rings. The number of hydrogen-bond acceptors (Lipinski definition) is 2. The minimum absolute atomic E-state index is 0.0373. The molecule has 0 aromatic heterocycles. The van der Waals surface area contributed by atoms with E-state index in [-0.39, 0.29) is 18.9 Å². The van der Waals surface area contributed by atoms with E-state index in [1.54, 1.807) is 4.90 Å². The summed E-state index contributed by atoms with van der Waals surface area (Å²) < 4.78 is 40.2. The second-order valence-electron chi connectivity index (χ2n) is 4.70. The Morgan fingerprint density at radius 1 is 1.30 bits per heavy atom. The van der Waals surface area contributed by atoms with Crippen LogP contribution in [0.15, 0.2) is 24.3 Å². The molecule has 6 heteroatoms. The summed E-state index contributed by atoms with van der Waals surface area (Å²) in [4.78, 5) is 13.7. The lowest BCUT2D eigenvalue weighted by Gasteiger charge is -2.29. The molecule has 0 aliphatic carbocycles. The molecule has 3 nitrogen and oxygen atoms in total. The molecule has 1 amide bonds. The Morgan fingerprint density at radius 2 is 2.05 bits per heavy atom. The van der Waals surface area contributed by atoms with Crippen LogP contribution in [0.4, 0.5) is 18.9 Å². The maximum absolute atomic E-state index is 12.1. The smallest absolute Gasteiger partial charge is 0.372 e. The number of anilines is 1. The Hall–Kier alpha value is -1.56. The van der Waals surface area contributed by atoms with Crippen molar-refractivity contribution in [2.45, 2.75) is 25.4 Å². The minimum Gasteiger partial charge on any atom is -0.372 e. The summed E-state index contributed by atoms with van der Waals surface area (Å²) in [6.45, 7) is -0.914. The van der Waals surface area contributed by atoms with E-state index in [0.717, 1.165) is 24.1 Å². The van der Waals surface area contributed by atoms with Crippen molar-refractivity contribution in [3.63, 3.8) is 0 Å². The number of nitrogens with zero attached hydrogens (tertiary/aromatic N) is 1. The van der Waals surface area contributed by atoms with Gasteiger partial charge in [0.25, 0.3) is 0 Å². The molecular weight excluding hydrogens is 271 g/mol. The van der Waals surface area contributed by atoms with Crippen LogP contribution in [0.5, 0.6) is 0 Å². The van der Waals surface area contributed by atoms with Gasteiger partial charge in [-0.15, -0.1) is 0 Å². The van der Waals surface area contributed by atoms with E-state index in [1.165, 1.54) is 0 Å². The molecule has 0 saturated heterocycles. The fraction of sp³-hybridized carbons (Fsp3) is 0.500. The van der Waals surface area contributed by atoms with E-state index < -0.39 is 12.8 Å². The Labute approximate surface area is 115 Å². The third-order valence-corrected chi connectivity index (χ3v) is 3.14. The first kappa shape index (κ1) is 14.8. The zero-order valence-electron chi connectivity index (χ0n) is 10.9. The topological polar surface area (TPSA) is 29.5 Å². The summed E-state index contributed by atoms with van der Waals surface area (Å²) in [6.07, 6.45) is -2.60. The molecule has 2 rings (SSSR count). The SMILES string of the molecule is O=C(CCOCC(F)(F)F)N1CCCc2ccccc21. The van der Waals surface area contributed by atoms with E-state index >= 15 is 0 Å². The number of hydrogen-bond donors (Lipinski definition) is 0. The fourth-order valence-corrected chi connectivity index (χ4v) is 2.28. The van der Waals surface area contributed by atoms with Crippen molar-refractivity contribution in [3.05, 3.63) is 29.8 Å². The van der Waals surface area contributed by atoms with Gasteiger partial charge in [0, 0.05) is 12.2 Å². The third kappa shape index (κ3) is 3.96. The van der Waals surface area contributed by atoms with Crippen molar-refractivity contribution in [2.24, 2.45) is 0 Å².